The second-order valence-corrected chi connectivity index (χ2v) is 5.80. The lowest BCUT2D eigenvalue weighted by atomic mass is 9.99. The van der Waals surface area contributed by atoms with Crippen molar-refractivity contribution in [3.05, 3.63) is 16.4 Å². The minimum atomic E-state index is 0.327. The number of nitrogens with zero attached hydrogens (tertiary/aromatic N) is 3. The standard InChI is InChI=1S/C14H25ClN4O/c1-4-12-14(15)13(18(2)17-12)9-19-6-5-11(20-3)7-10(19)8-16/h10-11H,4-9,16H2,1-3H3. The molecule has 2 atom stereocenters. The van der Waals surface area contributed by atoms with Crippen molar-refractivity contribution in [3.8, 4) is 0 Å². The highest BCUT2D eigenvalue weighted by atomic mass is 35.5. The number of hydrogen-bond donors (Lipinski definition) is 1. The minimum absolute atomic E-state index is 0.327. The molecule has 0 spiro atoms. The highest BCUT2D eigenvalue weighted by molar-refractivity contribution is 6.31. The topological polar surface area (TPSA) is 56.3 Å². The van der Waals surface area contributed by atoms with Crippen molar-refractivity contribution in [2.24, 2.45) is 12.8 Å². The average molecular weight is 301 g/mol. The number of ether oxygens (including phenoxy) is 1. The second-order valence-electron chi connectivity index (χ2n) is 5.43. The Kier molecular flexibility index (Phi) is 5.43. The predicted molar refractivity (Wildman–Crippen MR) is 80.9 cm³/mol. The van der Waals surface area contributed by atoms with Crippen molar-refractivity contribution in [1.29, 1.82) is 0 Å². The Morgan fingerprint density at radius 3 is 2.80 bits per heavy atom. The van der Waals surface area contributed by atoms with E-state index in [1.54, 1.807) is 7.11 Å². The van der Waals surface area contributed by atoms with E-state index < -0.39 is 0 Å². The van der Waals surface area contributed by atoms with Gasteiger partial charge >= 0.3 is 0 Å². The lowest BCUT2D eigenvalue weighted by Gasteiger charge is -2.38. The molecule has 6 heteroatoms. The van der Waals surface area contributed by atoms with E-state index in [9.17, 15) is 0 Å². The molecule has 1 aromatic rings. The van der Waals surface area contributed by atoms with Gasteiger partial charge in [0.15, 0.2) is 0 Å². The normalized spacial score (nSPS) is 24.2. The van der Waals surface area contributed by atoms with Crippen molar-refractivity contribution in [2.45, 2.75) is 44.9 Å². The van der Waals surface area contributed by atoms with Gasteiger partial charge in [-0.2, -0.15) is 5.10 Å². The number of nitrogens with two attached hydrogens (primary N) is 1. The van der Waals surface area contributed by atoms with Gasteiger partial charge < -0.3 is 10.5 Å². The van der Waals surface area contributed by atoms with Crippen LogP contribution in [0.5, 0.6) is 0 Å². The van der Waals surface area contributed by atoms with Gasteiger partial charge in [0.1, 0.15) is 0 Å². The fraction of sp³-hybridized carbons (Fsp3) is 0.786. The Labute approximate surface area is 126 Å². The second kappa shape index (κ2) is 6.89. The van der Waals surface area contributed by atoms with Crippen LogP contribution in [-0.2, 0) is 24.8 Å². The summed E-state index contributed by atoms with van der Waals surface area (Å²) in [6.45, 7) is 4.52. The van der Waals surface area contributed by atoms with Crippen LogP contribution in [0.15, 0.2) is 0 Å². The Hall–Kier alpha value is -0.620. The van der Waals surface area contributed by atoms with E-state index in [-0.39, 0.29) is 0 Å². The number of piperidine rings is 1. The molecule has 0 radical (unpaired) electrons. The molecule has 114 valence electrons. The molecule has 0 amide bonds. The Balaban J connectivity index is 2.11. The van der Waals surface area contributed by atoms with Gasteiger partial charge in [-0.3, -0.25) is 9.58 Å². The highest BCUT2D eigenvalue weighted by Crippen LogP contribution is 2.26. The van der Waals surface area contributed by atoms with E-state index in [0.29, 0.717) is 18.7 Å². The summed E-state index contributed by atoms with van der Waals surface area (Å²) in [6.07, 6.45) is 3.22. The number of aryl methyl sites for hydroxylation is 2. The van der Waals surface area contributed by atoms with Crippen LogP contribution in [0.4, 0.5) is 0 Å². The summed E-state index contributed by atoms with van der Waals surface area (Å²) in [7, 11) is 3.74. The number of rotatable bonds is 5. The maximum absolute atomic E-state index is 6.43. The largest absolute Gasteiger partial charge is 0.381 e. The van der Waals surface area contributed by atoms with Crippen LogP contribution in [0.1, 0.15) is 31.2 Å². The Bertz CT molecular complexity index is 449. The van der Waals surface area contributed by atoms with Gasteiger partial charge in [0.25, 0.3) is 0 Å². The van der Waals surface area contributed by atoms with E-state index in [1.807, 2.05) is 11.7 Å². The minimum Gasteiger partial charge on any atom is -0.381 e. The fourth-order valence-electron chi connectivity index (χ4n) is 2.91. The molecule has 5 nitrogen and oxygen atoms in total. The monoisotopic (exact) mass is 300 g/mol. The quantitative estimate of drug-likeness (QED) is 0.897. The Morgan fingerprint density at radius 2 is 2.25 bits per heavy atom. The van der Waals surface area contributed by atoms with Crippen molar-refractivity contribution in [3.63, 3.8) is 0 Å². The van der Waals surface area contributed by atoms with Crippen molar-refractivity contribution >= 4 is 11.6 Å². The molecule has 2 unspecified atom stereocenters. The first-order valence-corrected chi connectivity index (χ1v) is 7.65. The smallest absolute Gasteiger partial charge is 0.0863 e. The maximum Gasteiger partial charge on any atom is 0.0863 e. The number of methoxy groups -OCH3 is 1. The maximum atomic E-state index is 6.43. The lowest BCUT2D eigenvalue weighted by molar-refractivity contribution is 0.00942. The summed E-state index contributed by atoms with van der Waals surface area (Å²) in [5.74, 6) is 0. The first-order chi connectivity index (χ1) is 9.60. The molecule has 0 aliphatic carbocycles. The van der Waals surface area contributed by atoms with E-state index in [0.717, 1.165) is 48.8 Å². The zero-order valence-electron chi connectivity index (χ0n) is 12.6. The molecule has 1 saturated heterocycles. The zero-order valence-corrected chi connectivity index (χ0v) is 13.4. The van der Waals surface area contributed by atoms with E-state index in [1.165, 1.54) is 0 Å². The van der Waals surface area contributed by atoms with Gasteiger partial charge in [-0.25, -0.2) is 0 Å². The van der Waals surface area contributed by atoms with E-state index in [4.69, 9.17) is 22.1 Å². The van der Waals surface area contributed by atoms with Crippen LogP contribution in [0.2, 0.25) is 5.02 Å². The SMILES string of the molecule is CCc1nn(C)c(CN2CCC(OC)CC2CN)c1Cl. The fourth-order valence-corrected chi connectivity index (χ4v) is 3.27. The molecule has 2 rings (SSSR count). The van der Waals surface area contributed by atoms with Gasteiger partial charge in [0.05, 0.1) is 22.5 Å². The summed E-state index contributed by atoms with van der Waals surface area (Å²) in [6, 6.07) is 0.352. The Morgan fingerprint density at radius 1 is 1.50 bits per heavy atom. The van der Waals surface area contributed by atoms with Crippen LogP contribution in [0.3, 0.4) is 0 Å². The summed E-state index contributed by atoms with van der Waals surface area (Å²) < 4.78 is 7.36. The van der Waals surface area contributed by atoms with Crippen LogP contribution < -0.4 is 5.73 Å². The molecule has 1 aliphatic heterocycles. The summed E-state index contributed by atoms with van der Waals surface area (Å²) >= 11 is 6.43. The van der Waals surface area contributed by atoms with Gasteiger partial charge in [-0.1, -0.05) is 18.5 Å². The molecular weight excluding hydrogens is 276 g/mol. The van der Waals surface area contributed by atoms with Gasteiger partial charge in [-0.05, 0) is 19.3 Å². The van der Waals surface area contributed by atoms with Crippen LogP contribution >= 0.6 is 11.6 Å². The predicted octanol–water partition coefficient (Wildman–Crippen LogP) is 1.57. The van der Waals surface area contributed by atoms with Crippen LogP contribution in [0.25, 0.3) is 0 Å². The number of aromatic nitrogens is 2. The molecule has 0 bridgehead atoms. The first kappa shape index (κ1) is 15.8. The van der Waals surface area contributed by atoms with Crippen molar-refractivity contribution in [2.75, 3.05) is 20.2 Å². The molecule has 2 heterocycles. The van der Waals surface area contributed by atoms with Gasteiger partial charge in [0.2, 0.25) is 0 Å². The molecule has 1 aliphatic rings. The average Bonchev–Trinajstić information content (AvgIpc) is 2.74. The van der Waals surface area contributed by atoms with E-state index >= 15 is 0 Å². The summed E-state index contributed by atoms with van der Waals surface area (Å²) in [4.78, 5) is 2.40. The van der Waals surface area contributed by atoms with E-state index in [2.05, 4.69) is 16.9 Å². The van der Waals surface area contributed by atoms with Crippen molar-refractivity contribution < 1.29 is 4.74 Å². The zero-order chi connectivity index (χ0) is 14.7. The van der Waals surface area contributed by atoms with Crippen LogP contribution in [-0.4, -0.2) is 47.0 Å². The lowest BCUT2D eigenvalue weighted by Crippen LogP contribution is -2.48. The summed E-state index contributed by atoms with van der Waals surface area (Å²) in [5, 5.41) is 5.28. The third-order valence-corrected chi connectivity index (χ3v) is 4.69. The molecular formula is C14H25ClN4O. The van der Waals surface area contributed by atoms with Gasteiger partial charge in [-0.15, -0.1) is 0 Å². The molecule has 1 fully saturated rings. The molecule has 2 N–H and O–H groups in total. The number of halogens is 1. The molecule has 0 aromatic carbocycles. The number of likely N-dealkylation sites (tertiary alicyclic amines) is 1. The highest BCUT2D eigenvalue weighted by Gasteiger charge is 2.29. The molecule has 0 saturated carbocycles. The van der Waals surface area contributed by atoms with Gasteiger partial charge in [0, 0.05) is 39.8 Å². The number of hydrogen-bond acceptors (Lipinski definition) is 4. The summed E-state index contributed by atoms with van der Waals surface area (Å²) in [5.41, 5.74) is 7.97. The first-order valence-electron chi connectivity index (χ1n) is 7.27. The third kappa shape index (κ3) is 3.17. The molecule has 1 aromatic heterocycles. The molecule has 20 heavy (non-hydrogen) atoms. The van der Waals surface area contributed by atoms with Crippen LogP contribution in [0, 0.1) is 0 Å². The third-order valence-electron chi connectivity index (χ3n) is 4.25. The van der Waals surface area contributed by atoms with Crippen molar-refractivity contribution in [1.82, 2.24) is 14.7 Å².